The molecule has 1 fully saturated rings. The van der Waals surface area contributed by atoms with E-state index >= 15 is 0 Å². The average Bonchev–Trinajstić information content (AvgIpc) is 2.68. The van der Waals surface area contributed by atoms with E-state index in [1.807, 2.05) is 0 Å². The lowest BCUT2D eigenvalue weighted by Gasteiger charge is -2.25. The number of benzene rings is 2. The van der Waals surface area contributed by atoms with E-state index in [2.05, 4.69) is 5.32 Å². The molecule has 27 heavy (non-hydrogen) atoms. The van der Waals surface area contributed by atoms with E-state index in [0.29, 0.717) is 43.7 Å². The summed E-state index contributed by atoms with van der Waals surface area (Å²) in [7, 11) is 0. The molecule has 5 nitrogen and oxygen atoms in total. The van der Waals surface area contributed by atoms with Crippen LogP contribution in [-0.2, 0) is 16.2 Å². The molecular weight excluding hydrogens is 349 g/mol. The molecular formula is C21H22FNO4. The zero-order chi connectivity index (χ0) is 19.2. The molecule has 1 amide bonds. The van der Waals surface area contributed by atoms with E-state index in [0.717, 1.165) is 5.56 Å². The van der Waals surface area contributed by atoms with Gasteiger partial charge in [0.05, 0.1) is 5.92 Å². The maximum atomic E-state index is 12.9. The van der Waals surface area contributed by atoms with Crippen molar-refractivity contribution in [1.29, 1.82) is 0 Å². The van der Waals surface area contributed by atoms with Crippen LogP contribution in [0.3, 0.4) is 0 Å². The highest BCUT2D eigenvalue weighted by Gasteiger charge is 2.29. The third kappa shape index (κ3) is 5.29. The minimum Gasteiger partial charge on any atom is -0.489 e. The van der Waals surface area contributed by atoms with Crippen LogP contribution in [0.4, 0.5) is 10.1 Å². The van der Waals surface area contributed by atoms with E-state index < -0.39 is 5.97 Å². The number of aliphatic carboxylic acids is 1. The fourth-order valence-electron chi connectivity index (χ4n) is 3.26. The van der Waals surface area contributed by atoms with E-state index in [1.165, 1.54) is 12.1 Å². The number of carbonyl (C=O) groups excluding carboxylic acids is 1. The molecule has 2 aromatic carbocycles. The Labute approximate surface area is 157 Å². The molecule has 0 heterocycles. The molecule has 0 bridgehead atoms. The van der Waals surface area contributed by atoms with Gasteiger partial charge in [-0.2, -0.15) is 0 Å². The number of hydrogen-bond donors (Lipinski definition) is 2. The second kappa shape index (κ2) is 8.66. The van der Waals surface area contributed by atoms with E-state index in [4.69, 9.17) is 9.84 Å². The molecule has 2 aromatic rings. The minimum absolute atomic E-state index is 0.0884. The maximum Gasteiger partial charge on any atom is 0.306 e. The van der Waals surface area contributed by atoms with Gasteiger partial charge in [0.1, 0.15) is 18.2 Å². The highest BCUT2D eigenvalue weighted by atomic mass is 19.1. The summed E-state index contributed by atoms with van der Waals surface area (Å²) in [6.07, 6.45) is 2.25. The van der Waals surface area contributed by atoms with Gasteiger partial charge in [-0.15, -0.1) is 0 Å². The Hall–Kier alpha value is -2.89. The summed E-state index contributed by atoms with van der Waals surface area (Å²) in [6.45, 7) is 0.302. The number of halogens is 1. The standard InChI is InChI=1S/C21H22FNO4/c22-17-10-4-14(5-11-17)13-27-19-3-1-2-18(12-19)23-20(24)15-6-8-16(9-7-15)21(25)26/h1-5,10-12,15-16H,6-9,13H2,(H,23,24)(H,25,26). The van der Waals surface area contributed by atoms with E-state index in [1.54, 1.807) is 36.4 Å². The summed E-state index contributed by atoms with van der Waals surface area (Å²) < 4.78 is 18.6. The molecule has 0 saturated heterocycles. The third-order valence-corrected chi connectivity index (χ3v) is 4.87. The van der Waals surface area contributed by atoms with Crippen LogP contribution >= 0.6 is 0 Å². The van der Waals surface area contributed by atoms with Crippen molar-refractivity contribution in [3.8, 4) is 5.75 Å². The van der Waals surface area contributed by atoms with Crippen LogP contribution in [0.15, 0.2) is 48.5 Å². The first-order valence-corrected chi connectivity index (χ1v) is 9.02. The monoisotopic (exact) mass is 371 g/mol. The number of carboxylic acids is 1. The maximum absolute atomic E-state index is 12.9. The number of carboxylic acid groups (broad SMARTS) is 1. The smallest absolute Gasteiger partial charge is 0.306 e. The van der Waals surface area contributed by atoms with Gasteiger partial charge in [0, 0.05) is 17.7 Å². The molecule has 1 aliphatic rings. The molecule has 0 radical (unpaired) electrons. The van der Waals surface area contributed by atoms with Crippen LogP contribution in [0.2, 0.25) is 0 Å². The van der Waals surface area contributed by atoms with Crippen molar-refractivity contribution in [2.24, 2.45) is 11.8 Å². The number of anilines is 1. The lowest BCUT2D eigenvalue weighted by atomic mass is 9.81. The molecule has 142 valence electrons. The molecule has 0 unspecified atom stereocenters. The molecule has 0 aliphatic heterocycles. The second-order valence-corrected chi connectivity index (χ2v) is 6.82. The van der Waals surface area contributed by atoms with Gasteiger partial charge in [-0.3, -0.25) is 9.59 Å². The molecule has 6 heteroatoms. The first-order valence-electron chi connectivity index (χ1n) is 9.02. The number of nitrogens with one attached hydrogen (secondary N) is 1. The van der Waals surface area contributed by atoms with Crippen LogP contribution in [0.1, 0.15) is 31.2 Å². The first kappa shape index (κ1) is 18.9. The first-order chi connectivity index (χ1) is 13.0. The average molecular weight is 371 g/mol. The van der Waals surface area contributed by atoms with Gasteiger partial charge in [0.25, 0.3) is 0 Å². The summed E-state index contributed by atoms with van der Waals surface area (Å²) in [5.74, 6) is -1.05. The molecule has 3 rings (SSSR count). The molecule has 1 saturated carbocycles. The Morgan fingerprint density at radius 2 is 1.70 bits per heavy atom. The lowest BCUT2D eigenvalue weighted by Crippen LogP contribution is -2.29. The van der Waals surface area contributed by atoms with Crippen molar-refractivity contribution in [3.63, 3.8) is 0 Å². The van der Waals surface area contributed by atoms with Gasteiger partial charge in [0.2, 0.25) is 5.91 Å². The predicted octanol–water partition coefficient (Wildman–Crippen LogP) is 4.23. The number of hydrogen-bond acceptors (Lipinski definition) is 3. The van der Waals surface area contributed by atoms with E-state index in [9.17, 15) is 14.0 Å². The van der Waals surface area contributed by atoms with Gasteiger partial charge in [0.15, 0.2) is 0 Å². The van der Waals surface area contributed by atoms with Crippen LogP contribution in [0, 0.1) is 17.7 Å². The highest BCUT2D eigenvalue weighted by Crippen LogP contribution is 2.30. The predicted molar refractivity (Wildman–Crippen MR) is 98.9 cm³/mol. The Kier molecular flexibility index (Phi) is 6.06. The molecule has 0 aromatic heterocycles. The van der Waals surface area contributed by atoms with Crippen LogP contribution in [-0.4, -0.2) is 17.0 Å². The van der Waals surface area contributed by atoms with Crippen molar-refractivity contribution in [2.75, 3.05) is 5.32 Å². The van der Waals surface area contributed by atoms with Crippen LogP contribution < -0.4 is 10.1 Å². The summed E-state index contributed by atoms with van der Waals surface area (Å²) in [5.41, 5.74) is 1.48. The topological polar surface area (TPSA) is 75.6 Å². The Morgan fingerprint density at radius 3 is 2.37 bits per heavy atom. The van der Waals surface area contributed by atoms with Crippen molar-refractivity contribution in [1.82, 2.24) is 0 Å². The minimum atomic E-state index is -0.778. The van der Waals surface area contributed by atoms with Gasteiger partial charge in [-0.05, 0) is 55.5 Å². The quantitative estimate of drug-likeness (QED) is 0.797. The normalized spacial score (nSPS) is 19.3. The summed E-state index contributed by atoms with van der Waals surface area (Å²) in [4.78, 5) is 23.4. The van der Waals surface area contributed by atoms with Gasteiger partial charge < -0.3 is 15.2 Å². The van der Waals surface area contributed by atoms with Crippen molar-refractivity contribution in [3.05, 3.63) is 59.9 Å². The van der Waals surface area contributed by atoms with Crippen molar-refractivity contribution >= 4 is 17.6 Å². The van der Waals surface area contributed by atoms with Crippen molar-refractivity contribution in [2.45, 2.75) is 32.3 Å². The largest absolute Gasteiger partial charge is 0.489 e. The Bertz CT molecular complexity index is 798. The van der Waals surface area contributed by atoms with Crippen LogP contribution in [0.25, 0.3) is 0 Å². The zero-order valence-corrected chi connectivity index (χ0v) is 14.9. The Balaban J connectivity index is 1.53. The SMILES string of the molecule is O=C(O)C1CCC(C(=O)Nc2cccc(OCc3ccc(F)cc3)c2)CC1. The molecule has 2 N–H and O–H groups in total. The van der Waals surface area contributed by atoms with Gasteiger partial charge >= 0.3 is 5.97 Å². The third-order valence-electron chi connectivity index (χ3n) is 4.87. The van der Waals surface area contributed by atoms with Crippen LogP contribution in [0.5, 0.6) is 5.75 Å². The number of carbonyl (C=O) groups is 2. The summed E-state index contributed by atoms with van der Waals surface area (Å²) in [6, 6.07) is 13.2. The molecule has 0 spiro atoms. The molecule has 1 aliphatic carbocycles. The number of ether oxygens (including phenoxy) is 1. The fraction of sp³-hybridized carbons (Fsp3) is 0.333. The summed E-state index contributed by atoms with van der Waals surface area (Å²) >= 11 is 0. The summed E-state index contributed by atoms with van der Waals surface area (Å²) in [5, 5.41) is 11.9. The second-order valence-electron chi connectivity index (χ2n) is 6.82. The fourth-order valence-corrected chi connectivity index (χ4v) is 3.26. The van der Waals surface area contributed by atoms with E-state index in [-0.39, 0.29) is 23.6 Å². The van der Waals surface area contributed by atoms with Gasteiger partial charge in [-0.25, -0.2) is 4.39 Å². The number of amides is 1. The highest BCUT2D eigenvalue weighted by molar-refractivity contribution is 5.92. The lowest BCUT2D eigenvalue weighted by molar-refractivity contribution is -0.143. The zero-order valence-electron chi connectivity index (χ0n) is 14.9. The Morgan fingerprint density at radius 1 is 1.04 bits per heavy atom. The van der Waals surface area contributed by atoms with Crippen molar-refractivity contribution < 1.29 is 23.8 Å². The molecule has 0 atom stereocenters. The van der Waals surface area contributed by atoms with Gasteiger partial charge in [-0.1, -0.05) is 18.2 Å². The number of rotatable bonds is 6.